The van der Waals surface area contributed by atoms with Crippen LogP contribution in [0.2, 0.25) is 0 Å². The van der Waals surface area contributed by atoms with Crippen LogP contribution in [0.3, 0.4) is 0 Å². The van der Waals surface area contributed by atoms with Crippen molar-refractivity contribution in [2.24, 2.45) is 0 Å². The summed E-state index contributed by atoms with van der Waals surface area (Å²) in [4.78, 5) is 2.42. The van der Waals surface area contributed by atoms with E-state index >= 15 is 0 Å². The van der Waals surface area contributed by atoms with Crippen LogP contribution in [0.25, 0.3) is 0 Å². The molecule has 4 nitrogen and oxygen atoms in total. The molecule has 2 N–H and O–H groups in total. The van der Waals surface area contributed by atoms with E-state index in [2.05, 4.69) is 10.2 Å². The van der Waals surface area contributed by atoms with E-state index in [0.29, 0.717) is 6.54 Å². The van der Waals surface area contributed by atoms with Gasteiger partial charge in [-0.15, -0.1) is 0 Å². The molecule has 0 radical (unpaired) electrons. The maximum absolute atomic E-state index is 8.52. The molecule has 0 aromatic heterocycles. The van der Waals surface area contributed by atoms with Gasteiger partial charge in [0.1, 0.15) is 0 Å². The van der Waals surface area contributed by atoms with Gasteiger partial charge in [-0.3, -0.25) is 4.90 Å². The quantitative estimate of drug-likeness (QED) is 0.541. The molecule has 1 heterocycles. The molecule has 13 heavy (non-hydrogen) atoms. The average Bonchev–Trinajstić information content (AvgIpc) is 2.19. The number of hydrogen-bond donors (Lipinski definition) is 2. The highest BCUT2D eigenvalue weighted by molar-refractivity contribution is 4.62. The zero-order valence-corrected chi connectivity index (χ0v) is 8.17. The number of aliphatic hydroxyl groups is 1. The molecule has 1 saturated heterocycles. The molecular formula is C9H20N2O2. The summed E-state index contributed by atoms with van der Waals surface area (Å²) in [7, 11) is 0. The van der Waals surface area contributed by atoms with Crippen molar-refractivity contribution in [2.75, 3.05) is 52.5 Å². The Labute approximate surface area is 79.9 Å². The molecule has 0 aromatic rings. The van der Waals surface area contributed by atoms with Gasteiger partial charge in [-0.05, 0) is 19.5 Å². The number of aliphatic hydroxyl groups excluding tert-OH is 1. The molecular weight excluding hydrogens is 168 g/mol. The third-order valence-electron chi connectivity index (χ3n) is 2.22. The number of hydrogen-bond acceptors (Lipinski definition) is 4. The summed E-state index contributed by atoms with van der Waals surface area (Å²) >= 11 is 0. The van der Waals surface area contributed by atoms with Gasteiger partial charge < -0.3 is 15.2 Å². The Morgan fingerprint density at radius 3 is 2.69 bits per heavy atom. The number of nitrogens with zero attached hydrogens (tertiary/aromatic N) is 1. The van der Waals surface area contributed by atoms with Crippen LogP contribution in [0, 0.1) is 0 Å². The van der Waals surface area contributed by atoms with Gasteiger partial charge in [0, 0.05) is 19.6 Å². The Hall–Kier alpha value is -0.160. The lowest BCUT2D eigenvalue weighted by atomic mass is 10.3. The smallest absolute Gasteiger partial charge is 0.0594 e. The molecule has 0 aliphatic carbocycles. The normalized spacial score (nSPS) is 19.2. The maximum atomic E-state index is 8.52. The minimum absolute atomic E-state index is 0.234. The molecule has 78 valence electrons. The van der Waals surface area contributed by atoms with Crippen LogP contribution in [0.1, 0.15) is 6.42 Å². The standard InChI is InChI=1S/C9H20N2O2/c12-7-3-10-2-1-4-11-5-8-13-9-6-11/h10,12H,1-9H2. The first kappa shape index (κ1) is 10.9. The molecule has 4 heteroatoms. The van der Waals surface area contributed by atoms with E-state index in [9.17, 15) is 0 Å². The van der Waals surface area contributed by atoms with Crippen molar-refractivity contribution in [3.63, 3.8) is 0 Å². The molecule has 1 aliphatic rings. The lowest BCUT2D eigenvalue weighted by Gasteiger charge is -2.26. The SMILES string of the molecule is OCCNCCCN1CCOCC1. The Balaban J connectivity index is 1.86. The Kier molecular flexibility index (Phi) is 6.10. The maximum Gasteiger partial charge on any atom is 0.0594 e. The van der Waals surface area contributed by atoms with Crippen molar-refractivity contribution in [3.8, 4) is 0 Å². The van der Waals surface area contributed by atoms with Crippen LogP contribution in [0.15, 0.2) is 0 Å². The molecule has 0 atom stereocenters. The summed E-state index contributed by atoms with van der Waals surface area (Å²) in [6, 6.07) is 0. The molecule has 0 bridgehead atoms. The zero-order valence-electron chi connectivity index (χ0n) is 8.17. The van der Waals surface area contributed by atoms with Crippen LogP contribution < -0.4 is 5.32 Å². The van der Waals surface area contributed by atoms with Crippen molar-refractivity contribution in [1.29, 1.82) is 0 Å². The lowest BCUT2D eigenvalue weighted by Crippen LogP contribution is -2.37. The van der Waals surface area contributed by atoms with Crippen molar-refractivity contribution in [3.05, 3.63) is 0 Å². The third-order valence-corrected chi connectivity index (χ3v) is 2.22. The summed E-state index contributed by atoms with van der Waals surface area (Å²) in [6.07, 6.45) is 1.15. The summed E-state index contributed by atoms with van der Waals surface area (Å²) in [5.74, 6) is 0. The number of nitrogens with one attached hydrogen (secondary N) is 1. The Morgan fingerprint density at radius 2 is 2.00 bits per heavy atom. The second-order valence-corrected chi connectivity index (χ2v) is 3.28. The zero-order chi connectivity index (χ0) is 9.36. The van der Waals surface area contributed by atoms with Gasteiger partial charge in [0.15, 0.2) is 0 Å². The van der Waals surface area contributed by atoms with E-state index in [1.807, 2.05) is 0 Å². The van der Waals surface area contributed by atoms with Crippen LogP contribution in [0.4, 0.5) is 0 Å². The first-order valence-corrected chi connectivity index (χ1v) is 5.05. The predicted octanol–water partition coefficient (Wildman–Crippen LogP) is -0.709. The minimum Gasteiger partial charge on any atom is -0.395 e. The van der Waals surface area contributed by atoms with Gasteiger partial charge in [-0.1, -0.05) is 0 Å². The summed E-state index contributed by atoms with van der Waals surface area (Å²) in [5, 5.41) is 11.7. The topological polar surface area (TPSA) is 44.7 Å². The fourth-order valence-corrected chi connectivity index (χ4v) is 1.46. The second kappa shape index (κ2) is 7.26. The molecule has 0 aromatic carbocycles. The summed E-state index contributed by atoms with van der Waals surface area (Å²) in [6.45, 7) is 6.98. The molecule has 0 amide bonds. The lowest BCUT2D eigenvalue weighted by molar-refractivity contribution is 0.0374. The van der Waals surface area contributed by atoms with Crippen LogP contribution in [-0.2, 0) is 4.74 Å². The number of rotatable bonds is 6. The van der Waals surface area contributed by atoms with Crippen LogP contribution in [-0.4, -0.2) is 62.6 Å². The minimum atomic E-state index is 0.234. The highest BCUT2D eigenvalue weighted by atomic mass is 16.5. The van der Waals surface area contributed by atoms with Gasteiger partial charge in [0.05, 0.1) is 19.8 Å². The average molecular weight is 188 g/mol. The summed E-state index contributed by atoms with van der Waals surface area (Å²) < 4.78 is 5.25. The van der Waals surface area contributed by atoms with Gasteiger partial charge in [-0.25, -0.2) is 0 Å². The van der Waals surface area contributed by atoms with E-state index in [-0.39, 0.29) is 6.61 Å². The molecule has 1 fully saturated rings. The van der Waals surface area contributed by atoms with E-state index in [4.69, 9.17) is 9.84 Å². The largest absolute Gasteiger partial charge is 0.395 e. The number of ether oxygens (including phenoxy) is 1. The van der Waals surface area contributed by atoms with Crippen LogP contribution >= 0.6 is 0 Å². The van der Waals surface area contributed by atoms with E-state index in [1.54, 1.807) is 0 Å². The third kappa shape index (κ3) is 5.21. The molecule has 0 saturated carbocycles. The van der Waals surface area contributed by atoms with Gasteiger partial charge in [0.25, 0.3) is 0 Å². The molecule has 1 aliphatic heterocycles. The fourth-order valence-electron chi connectivity index (χ4n) is 1.46. The Morgan fingerprint density at radius 1 is 1.23 bits per heavy atom. The van der Waals surface area contributed by atoms with Gasteiger partial charge in [-0.2, -0.15) is 0 Å². The second-order valence-electron chi connectivity index (χ2n) is 3.28. The molecule has 0 unspecified atom stereocenters. The highest BCUT2D eigenvalue weighted by Crippen LogP contribution is 1.96. The van der Waals surface area contributed by atoms with Crippen molar-refractivity contribution in [2.45, 2.75) is 6.42 Å². The van der Waals surface area contributed by atoms with Crippen molar-refractivity contribution < 1.29 is 9.84 Å². The molecule has 0 spiro atoms. The van der Waals surface area contributed by atoms with E-state index in [1.165, 1.54) is 0 Å². The van der Waals surface area contributed by atoms with Gasteiger partial charge in [0.2, 0.25) is 0 Å². The molecule has 1 rings (SSSR count). The Bertz CT molecular complexity index is 116. The number of morpholine rings is 1. The first-order chi connectivity index (χ1) is 6.43. The van der Waals surface area contributed by atoms with Crippen LogP contribution in [0.5, 0.6) is 0 Å². The highest BCUT2D eigenvalue weighted by Gasteiger charge is 2.08. The predicted molar refractivity (Wildman–Crippen MR) is 51.8 cm³/mol. The van der Waals surface area contributed by atoms with Gasteiger partial charge >= 0.3 is 0 Å². The van der Waals surface area contributed by atoms with Crippen molar-refractivity contribution >= 4 is 0 Å². The first-order valence-electron chi connectivity index (χ1n) is 5.05. The summed E-state index contributed by atoms with van der Waals surface area (Å²) in [5.41, 5.74) is 0. The monoisotopic (exact) mass is 188 g/mol. The van der Waals surface area contributed by atoms with E-state index in [0.717, 1.165) is 45.8 Å². The van der Waals surface area contributed by atoms with Crippen molar-refractivity contribution in [1.82, 2.24) is 10.2 Å². The van der Waals surface area contributed by atoms with E-state index < -0.39 is 0 Å². The fraction of sp³-hybridized carbons (Fsp3) is 1.00.